The van der Waals surface area contributed by atoms with Crippen LogP contribution in [0.3, 0.4) is 0 Å². The minimum atomic E-state index is -4.06. The van der Waals surface area contributed by atoms with E-state index < -0.39 is 28.5 Å². The monoisotopic (exact) mass is 535 g/mol. The smallest absolute Gasteiger partial charge is 0.264 e. The number of amides is 2. The molecule has 7 nitrogen and oxygen atoms in total. The summed E-state index contributed by atoms with van der Waals surface area (Å²) in [5, 5.41) is 2.94. The molecule has 2 amide bonds. The molecule has 8 heteroatoms. The number of carbonyl (C=O) groups excluding carboxylic acids is 2. The van der Waals surface area contributed by atoms with Crippen LogP contribution in [0.15, 0.2) is 83.8 Å². The van der Waals surface area contributed by atoms with Crippen molar-refractivity contribution in [2.24, 2.45) is 0 Å². The van der Waals surface area contributed by atoms with Gasteiger partial charge in [0.2, 0.25) is 11.8 Å². The third-order valence-corrected chi connectivity index (χ3v) is 8.33. The first-order chi connectivity index (χ1) is 18.0. The minimum Gasteiger partial charge on any atom is -0.352 e. The second kappa shape index (κ2) is 12.7. The molecule has 0 aliphatic carbocycles. The fraction of sp³-hybridized carbons (Fsp3) is 0.333. The van der Waals surface area contributed by atoms with E-state index >= 15 is 0 Å². The maximum Gasteiger partial charge on any atom is 0.264 e. The van der Waals surface area contributed by atoms with Crippen molar-refractivity contribution in [3.8, 4) is 0 Å². The molecular formula is C30H37N3O4S. The maximum absolute atomic E-state index is 13.9. The number of hydrogen-bond acceptors (Lipinski definition) is 4. The van der Waals surface area contributed by atoms with Crippen LogP contribution in [0.2, 0.25) is 0 Å². The fourth-order valence-electron chi connectivity index (χ4n) is 3.97. The molecule has 0 unspecified atom stereocenters. The Hall–Kier alpha value is -3.65. The van der Waals surface area contributed by atoms with E-state index in [1.54, 1.807) is 43.3 Å². The zero-order valence-corrected chi connectivity index (χ0v) is 23.5. The standard InChI is InChI=1S/C30H37N3O4S/c1-6-24(4)31-30(35)25(5)32(20-26-17-15-22(2)16-18-26)29(34)21-33(27-12-10-11-23(3)19-27)38(36,37)28-13-8-7-9-14-28/h7-19,24-25H,6,20-21H2,1-5H3,(H,31,35)/t24-,25+/m0/s1. The predicted molar refractivity (Wildman–Crippen MR) is 151 cm³/mol. The summed E-state index contributed by atoms with van der Waals surface area (Å²) in [5.41, 5.74) is 3.17. The first-order valence-electron chi connectivity index (χ1n) is 12.8. The average Bonchev–Trinajstić information content (AvgIpc) is 2.91. The van der Waals surface area contributed by atoms with Crippen LogP contribution in [0.5, 0.6) is 0 Å². The quantitative estimate of drug-likeness (QED) is 0.381. The molecule has 202 valence electrons. The van der Waals surface area contributed by atoms with Gasteiger partial charge in [0.25, 0.3) is 10.0 Å². The summed E-state index contributed by atoms with van der Waals surface area (Å²) in [6, 6.07) is 21.9. The molecule has 3 aromatic carbocycles. The van der Waals surface area contributed by atoms with Gasteiger partial charge in [0.15, 0.2) is 0 Å². The van der Waals surface area contributed by atoms with Crippen LogP contribution in [0.25, 0.3) is 0 Å². The van der Waals surface area contributed by atoms with E-state index in [0.717, 1.165) is 27.4 Å². The van der Waals surface area contributed by atoms with Gasteiger partial charge in [-0.2, -0.15) is 0 Å². The van der Waals surface area contributed by atoms with Crippen molar-refractivity contribution in [1.29, 1.82) is 0 Å². The lowest BCUT2D eigenvalue weighted by Gasteiger charge is -2.32. The summed E-state index contributed by atoms with van der Waals surface area (Å²) >= 11 is 0. The van der Waals surface area contributed by atoms with E-state index in [0.29, 0.717) is 5.69 Å². The number of hydrogen-bond donors (Lipinski definition) is 1. The molecule has 0 saturated heterocycles. The zero-order valence-electron chi connectivity index (χ0n) is 22.7. The van der Waals surface area contributed by atoms with Gasteiger partial charge in [-0.15, -0.1) is 0 Å². The first kappa shape index (κ1) is 28.9. The van der Waals surface area contributed by atoms with E-state index in [4.69, 9.17) is 0 Å². The van der Waals surface area contributed by atoms with Crippen molar-refractivity contribution < 1.29 is 18.0 Å². The highest BCUT2D eigenvalue weighted by atomic mass is 32.2. The van der Waals surface area contributed by atoms with Gasteiger partial charge in [0.05, 0.1) is 10.6 Å². The maximum atomic E-state index is 13.9. The second-order valence-corrected chi connectivity index (χ2v) is 11.5. The topological polar surface area (TPSA) is 86.8 Å². The first-order valence-corrected chi connectivity index (χ1v) is 14.3. The van der Waals surface area contributed by atoms with E-state index in [1.807, 2.05) is 58.0 Å². The molecule has 0 aromatic heterocycles. The van der Waals surface area contributed by atoms with E-state index in [-0.39, 0.29) is 23.4 Å². The van der Waals surface area contributed by atoms with Crippen molar-refractivity contribution in [1.82, 2.24) is 10.2 Å². The average molecular weight is 536 g/mol. The molecule has 0 bridgehead atoms. The summed E-state index contributed by atoms with van der Waals surface area (Å²) in [6.45, 7) is 9.11. The highest BCUT2D eigenvalue weighted by molar-refractivity contribution is 7.92. The van der Waals surface area contributed by atoms with Crippen LogP contribution in [0.1, 0.15) is 43.9 Å². The minimum absolute atomic E-state index is 0.0523. The lowest BCUT2D eigenvalue weighted by molar-refractivity contribution is -0.139. The van der Waals surface area contributed by atoms with Crippen LogP contribution in [0.4, 0.5) is 5.69 Å². The van der Waals surface area contributed by atoms with E-state index in [1.165, 1.54) is 17.0 Å². The van der Waals surface area contributed by atoms with Crippen molar-refractivity contribution >= 4 is 27.5 Å². The van der Waals surface area contributed by atoms with Crippen molar-refractivity contribution in [3.05, 3.63) is 95.6 Å². The van der Waals surface area contributed by atoms with Gasteiger partial charge < -0.3 is 10.2 Å². The lowest BCUT2D eigenvalue weighted by Crippen LogP contribution is -2.52. The summed E-state index contributed by atoms with van der Waals surface area (Å²) < 4.78 is 28.6. The lowest BCUT2D eigenvalue weighted by atomic mass is 10.1. The van der Waals surface area contributed by atoms with Gasteiger partial charge in [0, 0.05) is 12.6 Å². The molecule has 38 heavy (non-hydrogen) atoms. The Morgan fingerprint density at radius 3 is 2.13 bits per heavy atom. The Bertz CT molecular complexity index is 1340. The van der Waals surface area contributed by atoms with Crippen molar-refractivity contribution in [2.45, 2.75) is 64.6 Å². The number of rotatable bonds is 11. The molecule has 2 atom stereocenters. The number of benzene rings is 3. The van der Waals surface area contributed by atoms with Gasteiger partial charge in [-0.1, -0.05) is 67.1 Å². The molecule has 0 spiro atoms. The van der Waals surface area contributed by atoms with Crippen LogP contribution < -0.4 is 9.62 Å². The SMILES string of the molecule is CC[C@H](C)NC(=O)[C@@H](C)N(Cc1ccc(C)cc1)C(=O)CN(c1cccc(C)c1)S(=O)(=O)c1ccccc1. The van der Waals surface area contributed by atoms with Crippen LogP contribution in [-0.2, 0) is 26.2 Å². The van der Waals surface area contributed by atoms with Gasteiger partial charge in [-0.05, 0) is 69.5 Å². The predicted octanol–water partition coefficient (Wildman–Crippen LogP) is 4.83. The number of sulfonamides is 1. The Kier molecular flexibility index (Phi) is 9.69. The Morgan fingerprint density at radius 1 is 0.868 bits per heavy atom. The van der Waals surface area contributed by atoms with Gasteiger partial charge in [0.1, 0.15) is 12.6 Å². The molecular weight excluding hydrogens is 498 g/mol. The molecule has 0 fully saturated rings. The van der Waals surface area contributed by atoms with Gasteiger partial charge in [-0.25, -0.2) is 8.42 Å². The van der Waals surface area contributed by atoms with Gasteiger partial charge in [-0.3, -0.25) is 13.9 Å². The van der Waals surface area contributed by atoms with Crippen molar-refractivity contribution in [2.75, 3.05) is 10.8 Å². The molecule has 0 aliphatic heterocycles. The number of nitrogens with zero attached hydrogens (tertiary/aromatic N) is 2. The van der Waals surface area contributed by atoms with Gasteiger partial charge >= 0.3 is 0 Å². The Morgan fingerprint density at radius 2 is 1.53 bits per heavy atom. The third kappa shape index (κ3) is 7.22. The van der Waals surface area contributed by atoms with E-state index in [2.05, 4.69) is 5.32 Å². The summed E-state index contributed by atoms with van der Waals surface area (Å²) in [7, 11) is -4.06. The molecule has 0 heterocycles. The van der Waals surface area contributed by atoms with E-state index in [9.17, 15) is 18.0 Å². The summed E-state index contributed by atoms with van der Waals surface area (Å²) in [6.07, 6.45) is 0.751. The molecule has 1 N–H and O–H groups in total. The van der Waals surface area contributed by atoms with Crippen LogP contribution in [0, 0.1) is 13.8 Å². The number of aryl methyl sites for hydroxylation is 2. The van der Waals surface area contributed by atoms with Crippen LogP contribution in [-0.4, -0.2) is 43.8 Å². The second-order valence-electron chi connectivity index (χ2n) is 9.66. The molecule has 0 saturated carbocycles. The molecule has 3 aromatic rings. The highest BCUT2D eigenvalue weighted by Crippen LogP contribution is 2.25. The third-order valence-electron chi connectivity index (χ3n) is 6.54. The van der Waals surface area contributed by atoms with Crippen LogP contribution >= 0.6 is 0 Å². The fourth-order valence-corrected chi connectivity index (χ4v) is 5.40. The summed E-state index contributed by atoms with van der Waals surface area (Å²) in [4.78, 5) is 28.5. The number of carbonyl (C=O) groups is 2. The Balaban J connectivity index is 2.01. The van der Waals surface area contributed by atoms with Crippen molar-refractivity contribution in [3.63, 3.8) is 0 Å². The number of nitrogens with one attached hydrogen (secondary N) is 1. The molecule has 3 rings (SSSR count). The summed E-state index contributed by atoms with van der Waals surface area (Å²) in [5.74, 6) is -0.758. The highest BCUT2D eigenvalue weighted by Gasteiger charge is 2.32. The molecule has 0 aliphatic rings. The normalized spacial score (nSPS) is 12.9. The number of anilines is 1. The Labute approximate surface area is 226 Å². The zero-order chi connectivity index (χ0) is 27.9. The largest absolute Gasteiger partial charge is 0.352 e. The molecule has 0 radical (unpaired) electrons.